The lowest BCUT2D eigenvalue weighted by molar-refractivity contribution is -0.129. The molecule has 0 saturated carbocycles. The first-order valence-corrected chi connectivity index (χ1v) is 8.12. The highest BCUT2D eigenvalue weighted by atomic mass is 16.5. The van der Waals surface area contributed by atoms with Crippen LogP contribution in [0.3, 0.4) is 0 Å². The molecule has 0 saturated heterocycles. The van der Waals surface area contributed by atoms with E-state index in [4.69, 9.17) is 9.47 Å². The first kappa shape index (κ1) is 19.3. The van der Waals surface area contributed by atoms with Crippen molar-refractivity contribution in [1.82, 2.24) is 0 Å². The summed E-state index contributed by atoms with van der Waals surface area (Å²) in [6.45, 7) is 14.6. The Balaban J connectivity index is 3.55. The minimum atomic E-state index is -0.340. The van der Waals surface area contributed by atoms with Gasteiger partial charge in [-0.3, -0.25) is 0 Å². The average Bonchev–Trinajstić information content (AvgIpc) is 2.42. The number of esters is 1. The van der Waals surface area contributed by atoms with Crippen LogP contribution < -0.4 is 9.47 Å². The topological polar surface area (TPSA) is 35.5 Å². The number of ether oxygens (including phenoxy) is 2. The minimum Gasteiger partial charge on any atom is -0.497 e. The van der Waals surface area contributed by atoms with Crippen molar-refractivity contribution >= 4 is 5.97 Å². The van der Waals surface area contributed by atoms with Crippen LogP contribution in [-0.2, 0) is 15.6 Å². The van der Waals surface area contributed by atoms with Gasteiger partial charge in [0.25, 0.3) is 0 Å². The fourth-order valence-corrected chi connectivity index (χ4v) is 2.29. The van der Waals surface area contributed by atoms with E-state index in [9.17, 15) is 4.79 Å². The van der Waals surface area contributed by atoms with Gasteiger partial charge < -0.3 is 9.47 Å². The Morgan fingerprint density at radius 3 is 1.87 bits per heavy atom. The zero-order chi connectivity index (χ0) is 17.8. The summed E-state index contributed by atoms with van der Waals surface area (Å²) in [6, 6.07) is 3.92. The molecule has 0 aliphatic rings. The predicted molar refractivity (Wildman–Crippen MR) is 95.5 cm³/mol. The minimum absolute atomic E-state index is 0.168. The molecular weight excluding hydrogens is 288 g/mol. The number of hydrogen-bond donors (Lipinski definition) is 0. The molecule has 0 aliphatic heterocycles. The molecule has 0 atom stereocenters. The third-order valence-electron chi connectivity index (χ3n) is 3.61. The number of methoxy groups -OCH3 is 1. The number of carbonyl (C=O) groups is 1. The Bertz CT molecular complexity index is 549. The largest absolute Gasteiger partial charge is 0.497 e. The molecule has 0 aliphatic carbocycles. The van der Waals surface area contributed by atoms with Crippen LogP contribution in [0.2, 0.25) is 0 Å². The van der Waals surface area contributed by atoms with Gasteiger partial charge in [0.1, 0.15) is 11.5 Å². The molecule has 0 aromatic heterocycles. The van der Waals surface area contributed by atoms with E-state index in [-0.39, 0.29) is 16.8 Å². The molecule has 0 unspecified atom stereocenters. The maximum Gasteiger partial charge on any atom is 0.335 e. The number of hydrogen-bond acceptors (Lipinski definition) is 3. The van der Waals surface area contributed by atoms with Gasteiger partial charge in [0.15, 0.2) is 0 Å². The third-order valence-corrected chi connectivity index (χ3v) is 3.61. The van der Waals surface area contributed by atoms with E-state index in [1.807, 2.05) is 19.1 Å². The van der Waals surface area contributed by atoms with Crippen molar-refractivity contribution in [3.63, 3.8) is 0 Å². The molecule has 0 fully saturated rings. The lowest BCUT2D eigenvalue weighted by Gasteiger charge is -2.29. The summed E-state index contributed by atoms with van der Waals surface area (Å²) >= 11 is 0. The Kier molecular flexibility index (Phi) is 6.04. The van der Waals surface area contributed by atoms with Crippen molar-refractivity contribution in [2.45, 2.75) is 65.7 Å². The lowest BCUT2D eigenvalue weighted by atomic mass is 9.79. The van der Waals surface area contributed by atoms with Gasteiger partial charge in [-0.25, -0.2) is 4.79 Å². The molecule has 3 heteroatoms. The van der Waals surface area contributed by atoms with E-state index in [0.717, 1.165) is 23.3 Å². The Morgan fingerprint density at radius 2 is 1.52 bits per heavy atom. The van der Waals surface area contributed by atoms with Crippen LogP contribution in [0.5, 0.6) is 11.5 Å². The summed E-state index contributed by atoms with van der Waals surface area (Å²) < 4.78 is 11.2. The second kappa shape index (κ2) is 7.20. The molecule has 1 rings (SSSR count). The van der Waals surface area contributed by atoms with Crippen LogP contribution >= 0.6 is 0 Å². The van der Waals surface area contributed by atoms with Gasteiger partial charge in [0, 0.05) is 17.2 Å². The molecule has 0 amide bonds. The molecule has 128 valence electrons. The zero-order valence-electron chi connectivity index (χ0n) is 15.7. The monoisotopic (exact) mass is 318 g/mol. The standard InChI is InChI=1S/C20H30O3/c1-9-10-11-17(21)23-18-15(19(2,3)4)12-14(22-8)13-16(18)20(5,6)7/h10-13H,9H2,1-8H3/b11-10+. The molecule has 0 bridgehead atoms. The van der Waals surface area contributed by atoms with E-state index in [1.165, 1.54) is 6.08 Å². The molecule has 1 aromatic carbocycles. The average molecular weight is 318 g/mol. The first-order chi connectivity index (χ1) is 10.5. The highest BCUT2D eigenvalue weighted by Crippen LogP contribution is 2.42. The van der Waals surface area contributed by atoms with Crippen molar-refractivity contribution in [2.75, 3.05) is 7.11 Å². The fraction of sp³-hybridized carbons (Fsp3) is 0.550. The van der Waals surface area contributed by atoms with Crippen LogP contribution in [0.25, 0.3) is 0 Å². The van der Waals surface area contributed by atoms with Gasteiger partial charge in [-0.1, -0.05) is 54.5 Å². The number of rotatable bonds is 4. The lowest BCUT2D eigenvalue weighted by Crippen LogP contribution is -2.21. The highest BCUT2D eigenvalue weighted by Gasteiger charge is 2.29. The van der Waals surface area contributed by atoms with Crippen LogP contribution in [0, 0.1) is 0 Å². The highest BCUT2D eigenvalue weighted by molar-refractivity contribution is 5.84. The maximum atomic E-state index is 12.1. The number of allylic oxidation sites excluding steroid dienone is 1. The van der Waals surface area contributed by atoms with Crippen LogP contribution in [-0.4, -0.2) is 13.1 Å². The van der Waals surface area contributed by atoms with Crippen molar-refractivity contribution in [3.05, 3.63) is 35.4 Å². The number of benzene rings is 1. The van der Waals surface area contributed by atoms with Gasteiger partial charge in [-0.15, -0.1) is 0 Å². The van der Waals surface area contributed by atoms with Gasteiger partial charge in [-0.05, 0) is 29.4 Å². The first-order valence-electron chi connectivity index (χ1n) is 8.12. The van der Waals surface area contributed by atoms with E-state index in [0.29, 0.717) is 5.75 Å². The Hall–Kier alpha value is -1.77. The summed E-state index contributed by atoms with van der Waals surface area (Å²) in [7, 11) is 1.66. The normalized spacial score (nSPS) is 12.5. The number of carbonyl (C=O) groups excluding carboxylic acids is 1. The fourth-order valence-electron chi connectivity index (χ4n) is 2.29. The second-order valence-electron chi connectivity index (χ2n) is 7.78. The van der Waals surface area contributed by atoms with E-state index < -0.39 is 0 Å². The van der Waals surface area contributed by atoms with Crippen molar-refractivity contribution in [3.8, 4) is 11.5 Å². The van der Waals surface area contributed by atoms with Gasteiger partial charge in [0.05, 0.1) is 7.11 Å². The zero-order valence-corrected chi connectivity index (χ0v) is 15.7. The summed E-state index contributed by atoms with van der Waals surface area (Å²) in [5, 5.41) is 0. The molecule has 0 N–H and O–H groups in total. The van der Waals surface area contributed by atoms with Crippen molar-refractivity contribution in [1.29, 1.82) is 0 Å². The summed E-state index contributed by atoms with van der Waals surface area (Å²) in [5.41, 5.74) is 1.61. The van der Waals surface area contributed by atoms with Crippen LogP contribution in [0.4, 0.5) is 0 Å². The summed E-state index contributed by atoms with van der Waals surface area (Å²) in [4.78, 5) is 12.1. The van der Waals surface area contributed by atoms with Crippen molar-refractivity contribution < 1.29 is 14.3 Å². The second-order valence-corrected chi connectivity index (χ2v) is 7.78. The van der Waals surface area contributed by atoms with Crippen molar-refractivity contribution in [2.24, 2.45) is 0 Å². The van der Waals surface area contributed by atoms with Gasteiger partial charge in [0.2, 0.25) is 0 Å². The summed E-state index contributed by atoms with van der Waals surface area (Å²) in [5.74, 6) is 1.09. The van der Waals surface area contributed by atoms with Crippen LogP contribution in [0.15, 0.2) is 24.3 Å². The molecule has 1 aromatic rings. The molecule has 0 heterocycles. The summed E-state index contributed by atoms with van der Waals surface area (Å²) in [6.07, 6.45) is 4.10. The Labute approximate surface area is 140 Å². The quantitative estimate of drug-likeness (QED) is 0.437. The molecule has 0 spiro atoms. The molecular formula is C20H30O3. The van der Waals surface area contributed by atoms with E-state index in [2.05, 4.69) is 41.5 Å². The smallest absolute Gasteiger partial charge is 0.335 e. The maximum absolute atomic E-state index is 12.1. The van der Waals surface area contributed by atoms with E-state index >= 15 is 0 Å². The van der Waals surface area contributed by atoms with Gasteiger partial charge in [-0.2, -0.15) is 0 Å². The SMILES string of the molecule is CC/C=C/C(=O)Oc1c(C(C)(C)C)cc(OC)cc1C(C)(C)C. The molecule has 0 radical (unpaired) electrons. The molecule has 23 heavy (non-hydrogen) atoms. The third kappa shape index (κ3) is 5.12. The Morgan fingerprint density at radius 1 is 1.04 bits per heavy atom. The van der Waals surface area contributed by atoms with Gasteiger partial charge >= 0.3 is 5.97 Å². The van der Waals surface area contributed by atoms with E-state index in [1.54, 1.807) is 13.2 Å². The van der Waals surface area contributed by atoms with Crippen LogP contribution in [0.1, 0.15) is 66.0 Å². The predicted octanol–water partition coefficient (Wildman–Crippen LogP) is 5.16. The molecule has 3 nitrogen and oxygen atoms in total.